The van der Waals surface area contributed by atoms with Crippen molar-refractivity contribution in [1.29, 1.82) is 0 Å². The molecule has 0 saturated heterocycles. The minimum absolute atomic E-state index is 0.200. The van der Waals surface area contributed by atoms with Crippen molar-refractivity contribution in [3.05, 3.63) is 21.8 Å². The van der Waals surface area contributed by atoms with Crippen LogP contribution in [0.1, 0.15) is 0 Å². The van der Waals surface area contributed by atoms with E-state index in [1.54, 1.807) is 12.1 Å². The lowest BCUT2D eigenvalue weighted by molar-refractivity contribution is -0.105. The standard InChI is InChI=1S/C7H6INO2/c8-6-3-5(11)1-2-7(6)9-4-10/h1-4,11H,(H,9,10). The Labute approximate surface area is 77.6 Å². The highest BCUT2D eigenvalue weighted by Crippen LogP contribution is 2.21. The predicted octanol–water partition coefficient (Wildman–Crippen LogP) is 1.57. The molecule has 0 radical (unpaired) electrons. The second-order valence-corrected chi connectivity index (χ2v) is 3.09. The molecule has 1 aromatic carbocycles. The maximum absolute atomic E-state index is 10.0. The number of anilines is 1. The van der Waals surface area contributed by atoms with Crippen molar-refractivity contribution < 1.29 is 9.90 Å². The Hall–Kier alpha value is -0.780. The molecule has 2 N–H and O–H groups in total. The van der Waals surface area contributed by atoms with Gasteiger partial charge in [-0.1, -0.05) is 0 Å². The van der Waals surface area contributed by atoms with Gasteiger partial charge in [0.2, 0.25) is 6.41 Å². The summed E-state index contributed by atoms with van der Waals surface area (Å²) in [4.78, 5) is 10.0. The van der Waals surface area contributed by atoms with Crippen LogP contribution in [0.2, 0.25) is 0 Å². The molecule has 0 aromatic heterocycles. The highest BCUT2D eigenvalue weighted by Gasteiger charge is 1.97. The van der Waals surface area contributed by atoms with E-state index in [9.17, 15) is 4.79 Å². The molecule has 0 bridgehead atoms. The number of nitrogens with one attached hydrogen (secondary N) is 1. The third kappa shape index (κ3) is 2.07. The number of hydrogen-bond acceptors (Lipinski definition) is 2. The van der Waals surface area contributed by atoms with Gasteiger partial charge in [0.05, 0.1) is 5.69 Å². The van der Waals surface area contributed by atoms with Crippen molar-refractivity contribution in [3.8, 4) is 5.75 Å². The van der Waals surface area contributed by atoms with Crippen molar-refractivity contribution in [2.75, 3.05) is 5.32 Å². The minimum atomic E-state index is 0.200. The zero-order valence-electron chi connectivity index (χ0n) is 5.54. The van der Waals surface area contributed by atoms with E-state index in [1.807, 2.05) is 22.6 Å². The molecule has 58 valence electrons. The van der Waals surface area contributed by atoms with Crippen LogP contribution < -0.4 is 5.32 Å². The van der Waals surface area contributed by atoms with E-state index in [1.165, 1.54) is 6.07 Å². The third-order valence-electron chi connectivity index (χ3n) is 1.17. The quantitative estimate of drug-likeness (QED) is 0.483. The molecule has 11 heavy (non-hydrogen) atoms. The fourth-order valence-electron chi connectivity index (χ4n) is 0.685. The Kier molecular flexibility index (Phi) is 2.70. The van der Waals surface area contributed by atoms with Crippen LogP contribution in [0.4, 0.5) is 5.69 Å². The summed E-state index contributed by atoms with van der Waals surface area (Å²) >= 11 is 2.03. The first-order chi connectivity index (χ1) is 5.24. The smallest absolute Gasteiger partial charge is 0.211 e. The normalized spacial score (nSPS) is 9.18. The first-order valence-electron chi connectivity index (χ1n) is 2.93. The van der Waals surface area contributed by atoms with Gasteiger partial charge in [0.1, 0.15) is 5.75 Å². The van der Waals surface area contributed by atoms with Crippen LogP contribution in [0, 0.1) is 3.57 Å². The van der Waals surface area contributed by atoms with Crippen molar-refractivity contribution in [3.63, 3.8) is 0 Å². The molecule has 4 heteroatoms. The van der Waals surface area contributed by atoms with Gasteiger partial charge in [0.15, 0.2) is 0 Å². The summed E-state index contributed by atoms with van der Waals surface area (Å²) in [5.74, 6) is 0.200. The number of amides is 1. The molecule has 0 unspecified atom stereocenters. The van der Waals surface area contributed by atoms with Gasteiger partial charge in [-0.25, -0.2) is 0 Å². The summed E-state index contributed by atoms with van der Waals surface area (Å²) in [6.45, 7) is 0. The zero-order valence-corrected chi connectivity index (χ0v) is 7.70. The summed E-state index contributed by atoms with van der Waals surface area (Å²) in [5, 5.41) is 11.5. The van der Waals surface area contributed by atoms with Gasteiger partial charge < -0.3 is 10.4 Å². The summed E-state index contributed by atoms with van der Waals surface area (Å²) in [6.07, 6.45) is 0.606. The molecule has 0 saturated carbocycles. The maximum Gasteiger partial charge on any atom is 0.211 e. The molecule has 0 aliphatic carbocycles. The molecule has 1 amide bonds. The second kappa shape index (κ2) is 3.56. The molecule has 0 atom stereocenters. The van der Waals surface area contributed by atoms with E-state index < -0.39 is 0 Å². The van der Waals surface area contributed by atoms with Crippen LogP contribution in [0.3, 0.4) is 0 Å². The number of aromatic hydroxyl groups is 1. The fourth-order valence-corrected chi connectivity index (χ4v) is 1.34. The molecule has 0 heterocycles. The van der Waals surface area contributed by atoms with Gasteiger partial charge in [-0.05, 0) is 40.8 Å². The lowest BCUT2D eigenvalue weighted by Gasteiger charge is -2.01. The van der Waals surface area contributed by atoms with Crippen LogP contribution in [0.25, 0.3) is 0 Å². The van der Waals surface area contributed by atoms with Crippen molar-refractivity contribution >= 4 is 34.7 Å². The van der Waals surface area contributed by atoms with Crippen LogP contribution in [-0.2, 0) is 4.79 Å². The number of hydrogen-bond donors (Lipinski definition) is 2. The molecular formula is C7H6INO2. The lowest BCUT2D eigenvalue weighted by Crippen LogP contribution is -1.95. The van der Waals surface area contributed by atoms with Gasteiger partial charge in [0, 0.05) is 3.57 Å². The molecule has 0 fully saturated rings. The fraction of sp³-hybridized carbons (Fsp3) is 0. The molecule has 0 spiro atoms. The van der Waals surface area contributed by atoms with E-state index in [0.717, 1.165) is 3.57 Å². The highest BCUT2D eigenvalue weighted by molar-refractivity contribution is 14.1. The molecule has 0 aliphatic heterocycles. The van der Waals surface area contributed by atoms with Crippen LogP contribution in [0.15, 0.2) is 18.2 Å². The van der Waals surface area contributed by atoms with Gasteiger partial charge in [-0.15, -0.1) is 0 Å². The van der Waals surface area contributed by atoms with E-state index in [-0.39, 0.29) is 5.75 Å². The topological polar surface area (TPSA) is 49.3 Å². The van der Waals surface area contributed by atoms with Gasteiger partial charge in [-0.3, -0.25) is 4.79 Å². The third-order valence-corrected chi connectivity index (χ3v) is 2.06. The van der Waals surface area contributed by atoms with E-state index in [2.05, 4.69) is 5.32 Å². The van der Waals surface area contributed by atoms with Gasteiger partial charge in [-0.2, -0.15) is 0 Å². The zero-order chi connectivity index (χ0) is 8.27. The summed E-state index contributed by atoms with van der Waals surface area (Å²) in [6, 6.07) is 4.74. The van der Waals surface area contributed by atoms with E-state index in [4.69, 9.17) is 5.11 Å². The SMILES string of the molecule is O=CNc1ccc(O)cc1I. The number of phenols is 1. The largest absolute Gasteiger partial charge is 0.508 e. The van der Waals surface area contributed by atoms with Crippen LogP contribution >= 0.6 is 22.6 Å². The number of phenolic OH excluding ortho intramolecular Hbond substituents is 1. The molecule has 1 aromatic rings. The van der Waals surface area contributed by atoms with Crippen LogP contribution in [-0.4, -0.2) is 11.5 Å². The van der Waals surface area contributed by atoms with E-state index >= 15 is 0 Å². The second-order valence-electron chi connectivity index (χ2n) is 1.93. The molecule has 0 aliphatic rings. The van der Waals surface area contributed by atoms with Crippen LogP contribution in [0.5, 0.6) is 5.75 Å². The van der Waals surface area contributed by atoms with Crippen molar-refractivity contribution in [2.24, 2.45) is 0 Å². The number of benzene rings is 1. The number of halogens is 1. The Morgan fingerprint density at radius 1 is 1.55 bits per heavy atom. The van der Waals surface area contributed by atoms with Gasteiger partial charge >= 0.3 is 0 Å². The maximum atomic E-state index is 10.0. The number of carbonyl (C=O) groups excluding carboxylic acids is 1. The minimum Gasteiger partial charge on any atom is -0.508 e. The highest BCUT2D eigenvalue weighted by atomic mass is 127. The molecule has 1 rings (SSSR count). The van der Waals surface area contributed by atoms with Gasteiger partial charge in [0.25, 0.3) is 0 Å². The Bertz CT molecular complexity index is 275. The summed E-state index contributed by atoms with van der Waals surface area (Å²) in [5.41, 5.74) is 0.707. The lowest BCUT2D eigenvalue weighted by atomic mass is 10.3. The summed E-state index contributed by atoms with van der Waals surface area (Å²) < 4.78 is 0.815. The Morgan fingerprint density at radius 2 is 2.27 bits per heavy atom. The van der Waals surface area contributed by atoms with Crippen molar-refractivity contribution in [1.82, 2.24) is 0 Å². The molecule has 3 nitrogen and oxygen atoms in total. The Balaban J connectivity index is 2.98. The monoisotopic (exact) mass is 263 g/mol. The predicted molar refractivity (Wildman–Crippen MR) is 50.5 cm³/mol. The van der Waals surface area contributed by atoms with Crippen molar-refractivity contribution in [2.45, 2.75) is 0 Å². The van der Waals surface area contributed by atoms with E-state index in [0.29, 0.717) is 12.1 Å². The molecular weight excluding hydrogens is 257 g/mol. The number of rotatable bonds is 2. The average Bonchev–Trinajstić information content (AvgIpc) is 1.95. The Morgan fingerprint density at radius 3 is 2.82 bits per heavy atom. The summed E-state index contributed by atoms with van der Waals surface area (Å²) in [7, 11) is 0. The number of carbonyl (C=O) groups is 1. The average molecular weight is 263 g/mol. The first-order valence-corrected chi connectivity index (χ1v) is 4.00. The first kappa shape index (κ1) is 8.32.